The van der Waals surface area contributed by atoms with Gasteiger partial charge in [-0.05, 0) is 0 Å². The van der Waals surface area contributed by atoms with Gasteiger partial charge in [-0.15, -0.1) is 0 Å². The highest BCUT2D eigenvalue weighted by Crippen LogP contribution is 2.13. The minimum atomic E-state index is -3.38. The number of urea groups is 1. The van der Waals surface area contributed by atoms with Gasteiger partial charge in [-0.25, -0.2) is 4.79 Å². The molecule has 2 rings (SSSR count). The molecular weight excluding hydrogens is 282 g/mol. The molecule has 20 heavy (non-hydrogen) atoms. The van der Waals surface area contributed by atoms with Crippen LogP contribution >= 0.6 is 0 Å². The first kappa shape index (κ1) is 15.5. The van der Waals surface area contributed by atoms with E-state index in [1.165, 1.54) is 13.5 Å². The normalized spacial score (nSPS) is 22.8. The predicted molar refractivity (Wildman–Crippen MR) is 75.6 cm³/mol. The Labute approximate surface area is 120 Å². The van der Waals surface area contributed by atoms with Gasteiger partial charge in [-0.1, -0.05) is 0 Å². The number of hydrogen-bond donors (Lipinski definition) is 1. The van der Waals surface area contributed by atoms with Crippen LogP contribution < -0.4 is 5.32 Å². The van der Waals surface area contributed by atoms with Gasteiger partial charge in [-0.2, -0.15) is 17.0 Å². The van der Waals surface area contributed by atoms with E-state index in [0.717, 1.165) is 0 Å². The number of carbonyl (C=O) groups excluding carboxylic acids is 1. The molecule has 0 radical (unpaired) electrons. The summed E-state index contributed by atoms with van der Waals surface area (Å²) in [6.07, 6.45) is 0. The predicted octanol–water partition coefficient (Wildman–Crippen LogP) is -1.56. The third-order valence-electron chi connectivity index (χ3n) is 3.62. The van der Waals surface area contributed by atoms with Crippen molar-refractivity contribution in [2.45, 2.75) is 0 Å². The van der Waals surface area contributed by atoms with E-state index in [4.69, 9.17) is 0 Å². The molecule has 0 spiro atoms. The molecule has 0 atom stereocenters. The maximum absolute atomic E-state index is 12.5. The summed E-state index contributed by atoms with van der Waals surface area (Å²) in [5.74, 6) is 0. The lowest BCUT2D eigenvalue weighted by molar-refractivity contribution is 0.146. The van der Waals surface area contributed by atoms with E-state index in [0.29, 0.717) is 52.4 Å². The van der Waals surface area contributed by atoms with E-state index in [2.05, 4.69) is 5.32 Å². The Bertz CT molecular complexity index is 439. The van der Waals surface area contributed by atoms with E-state index < -0.39 is 10.2 Å². The molecule has 2 heterocycles. The van der Waals surface area contributed by atoms with Crippen LogP contribution in [0, 0.1) is 0 Å². The SMILES string of the molecule is CN(C)C(=O)N1CCN(S(=O)(=O)N2CCNCC2)CC1. The Morgan fingerprint density at radius 3 is 1.95 bits per heavy atom. The molecule has 0 aromatic heterocycles. The van der Waals surface area contributed by atoms with E-state index in [-0.39, 0.29) is 6.03 Å². The Balaban J connectivity index is 1.94. The smallest absolute Gasteiger partial charge is 0.319 e. The van der Waals surface area contributed by atoms with Crippen LogP contribution in [0.15, 0.2) is 0 Å². The number of nitrogens with zero attached hydrogens (tertiary/aromatic N) is 4. The maximum atomic E-state index is 12.5. The monoisotopic (exact) mass is 305 g/mol. The molecule has 2 aliphatic rings. The molecule has 0 aromatic rings. The highest BCUT2D eigenvalue weighted by molar-refractivity contribution is 7.86. The quantitative estimate of drug-likeness (QED) is 0.669. The van der Waals surface area contributed by atoms with Gasteiger partial charge >= 0.3 is 6.03 Å². The summed E-state index contributed by atoms with van der Waals surface area (Å²) in [6, 6.07) is -0.0655. The molecule has 2 fully saturated rings. The summed E-state index contributed by atoms with van der Waals surface area (Å²) >= 11 is 0. The number of rotatable bonds is 2. The minimum absolute atomic E-state index is 0.0655. The Morgan fingerprint density at radius 2 is 1.45 bits per heavy atom. The van der Waals surface area contributed by atoms with Crippen LogP contribution in [-0.2, 0) is 10.2 Å². The topological polar surface area (TPSA) is 76.2 Å². The molecule has 2 aliphatic heterocycles. The standard InChI is InChI=1S/C11H23N5O3S/c1-13(2)11(17)14-7-9-16(10-8-14)20(18,19)15-5-3-12-4-6-15/h12H,3-10H2,1-2H3. The van der Waals surface area contributed by atoms with E-state index in [9.17, 15) is 13.2 Å². The minimum Gasteiger partial charge on any atom is -0.331 e. The first-order valence-corrected chi connectivity index (χ1v) is 8.25. The highest BCUT2D eigenvalue weighted by Gasteiger charge is 2.34. The largest absolute Gasteiger partial charge is 0.331 e. The number of piperazine rings is 2. The molecule has 0 aromatic carbocycles. The average molecular weight is 305 g/mol. The van der Waals surface area contributed by atoms with Crippen molar-refractivity contribution in [3.63, 3.8) is 0 Å². The highest BCUT2D eigenvalue weighted by atomic mass is 32.2. The molecule has 2 saturated heterocycles. The fraction of sp³-hybridized carbons (Fsp3) is 0.909. The van der Waals surface area contributed by atoms with Crippen LogP contribution in [0.5, 0.6) is 0 Å². The van der Waals surface area contributed by atoms with Crippen LogP contribution in [0.3, 0.4) is 0 Å². The number of nitrogens with one attached hydrogen (secondary N) is 1. The van der Waals surface area contributed by atoms with Crippen LogP contribution in [0.25, 0.3) is 0 Å². The van der Waals surface area contributed by atoms with Crippen molar-refractivity contribution in [2.75, 3.05) is 66.5 Å². The lowest BCUT2D eigenvalue weighted by Crippen LogP contribution is -2.57. The fourth-order valence-corrected chi connectivity index (χ4v) is 4.03. The van der Waals surface area contributed by atoms with Gasteiger partial charge in [0.05, 0.1) is 0 Å². The summed E-state index contributed by atoms with van der Waals surface area (Å²) in [4.78, 5) is 15.0. The molecule has 116 valence electrons. The molecule has 0 bridgehead atoms. The summed E-state index contributed by atoms with van der Waals surface area (Å²) in [6.45, 7) is 4.04. The van der Waals surface area contributed by atoms with Gasteiger partial charge in [0.1, 0.15) is 0 Å². The van der Waals surface area contributed by atoms with Crippen molar-refractivity contribution in [1.29, 1.82) is 0 Å². The van der Waals surface area contributed by atoms with E-state index in [1.54, 1.807) is 19.0 Å². The molecule has 2 amide bonds. The van der Waals surface area contributed by atoms with Crippen molar-refractivity contribution in [1.82, 2.24) is 23.7 Å². The summed E-state index contributed by atoms with van der Waals surface area (Å²) < 4.78 is 27.9. The third kappa shape index (κ3) is 3.22. The van der Waals surface area contributed by atoms with Gasteiger partial charge < -0.3 is 15.1 Å². The first-order valence-electron chi connectivity index (χ1n) is 6.85. The van der Waals surface area contributed by atoms with Crippen LogP contribution in [0.1, 0.15) is 0 Å². The second-order valence-corrected chi connectivity index (χ2v) is 7.15. The summed E-state index contributed by atoms with van der Waals surface area (Å²) in [7, 11) is 0.0218. The van der Waals surface area contributed by atoms with Crippen molar-refractivity contribution >= 4 is 16.2 Å². The zero-order chi connectivity index (χ0) is 14.8. The lowest BCUT2D eigenvalue weighted by Gasteiger charge is -2.38. The third-order valence-corrected chi connectivity index (χ3v) is 5.66. The molecule has 0 aliphatic carbocycles. The van der Waals surface area contributed by atoms with Gasteiger partial charge in [0.25, 0.3) is 10.2 Å². The molecule has 1 N–H and O–H groups in total. The number of hydrogen-bond acceptors (Lipinski definition) is 4. The Hall–Kier alpha value is -0.900. The lowest BCUT2D eigenvalue weighted by atomic mass is 10.4. The van der Waals surface area contributed by atoms with Crippen molar-refractivity contribution in [3.05, 3.63) is 0 Å². The van der Waals surface area contributed by atoms with Crippen molar-refractivity contribution in [2.24, 2.45) is 0 Å². The van der Waals surface area contributed by atoms with E-state index in [1.807, 2.05) is 0 Å². The van der Waals surface area contributed by atoms with E-state index >= 15 is 0 Å². The first-order chi connectivity index (χ1) is 9.43. The summed E-state index contributed by atoms with van der Waals surface area (Å²) in [5.41, 5.74) is 0. The van der Waals surface area contributed by atoms with Gasteiger partial charge in [-0.3, -0.25) is 0 Å². The molecular formula is C11H23N5O3S. The average Bonchev–Trinajstić information content (AvgIpc) is 2.47. The van der Waals surface area contributed by atoms with Crippen LogP contribution in [0.2, 0.25) is 0 Å². The maximum Gasteiger partial charge on any atom is 0.319 e. The molecule has 8 nitrogen and oxygen atoms in total. The Kier molecular flexibility index (Phi) is 4.84. The molecule has 9 heteroatoms. The Morgan fingerprint density at radius 1 is 0.950 bits per heavy atom. The fourth-order valence-electron chi connectivity index (χ4n) is 2.43. The van der Waals surface area contributed by atoms with Gasteiger partial charge in [0.2, 0.25) is 0 Å². The second-order valence-electron chi connectivity index (χ2n) is 5.22. The number of amides is 2. The molecule has 0 saturated carbocycles. The van der Waals surface area contributed by atoms with Crippen molar-refractivity contribution in [3.8, 4) is 0 Å². The van der Waals surface area contributed by atoms with Crippen molar-refractivity contribution < 1.29 is 13.2 Å². The second kappa shape index (κ2) is 6.25. The summed E-state index contributed by atoms with van der Waals surface area (Å²) in [5, 5.41) is 3.14. The number of carbonyl (C=O) groups is 1. The van der Waals surface area contributed by atoms with Gasteiger partial charge in [0, 0.05) is 66.5 Å². The molecule has 0 unspecified atom stereocenters. The zero-order valence-electron chi connectivity index (χ0n) is 12.1. The van der Waals surface area contributed by atoms with Crippen LogP contribution in [0.4, 0.5) is 4.79 Å². The van der Waals surface area contributed by atoms with Gasteiger partial charge in [0.15, 0.2) is 0 Å². The van der Waals surface area contributed by atoms with Crippen LogP contribution in [-0.4, -0.2) is 99.3 Å². The zero-order valence-corrected chi connectivity index (χ0v) is 12.9.